The van der Waals surface area contributed by atoms with Crippen LogP contribution in [0, 0.1) is 25.2 Å². The quantitative estimate of drug-likeness (QED) is 0.649. The Balaban J connectivity index is 2.63. The lowest BCUT2D eigenvalue weighted by Gasteiger charge is -2.08. The molecule has 0 heterocycles. The van der Waals surface area contributed by atoms with Crippen LogP contribution in [0.3, 0.4) is 0 Å². The molecule has 0 aliphatic heterocycles. The molecule has 0 atom stereocenters. The van der Waals surface area contributed by atoms with Crippen molar-refractivity contribution in [2.75, 3.05) is 0 Å². The van der Waals surface area contributed by atoms with E-state index >= 15 is 0 Å². The molecular weight excluding hydrogens is 458 g/mol. The van der Waals surface area contributed by atoms with Crippen LogP contribution in [-0.2, 0) is 9.84 Å². The summed E-state index contributed by atoms with van der Waals surface area (Å²) in [5.74, 6) is 0.156. The van der Waals surface area contributed by atoms with Crippen molar-refractivity contribution in [1.29, 1.82) is 5.26 Å². The van der Waals surface area contributed by atoms with Crippen molar-refractivity contribution < 1.29 is 13.5 Å². The van der Waals surface area contributed by atoms with Crippen LogP contribution in [0.1, 0.15) is 16.7 Å². The molecule has 0 radical (unpaired) electrons. The zero-order valence-corrected chi connectivity index (χ0v) is 16.8. The van der Waals surface area contributed by atoms with Crippen LogP contribution in [-0.4, -0.2) is 13.5 Å². The summed E-state index contributed by atoms with van der Waals surface area (Å²) < 4.78 is 26.5. The molecule has 0 aromatic heterocycles. The number of allylic oxidation sites excluding steroid dienone is 1. The molecule has 0 saturated carbocycles. The molecule has 0 aliphatic rings. The molecule has 0 amide bonds. The van der Waals surface area contributed by atoms with Crippen LogP contribution in [0.25, 0.3) is 6.08 Å². The highest BCUT2D eigenvalue weighted by Crippen LogP contribution is 2.31. The number of rotatable bonds is 3. The zero-order valence-electron chi connectivity index (χ0n) is 12.8. The van der Waals surface area contributed by atoms with Crippen molar-refractivity contribution in [3.63, 3.8) is 0 Å². The topological polar surface area (TPSA) is 78.2 Å². The number of aromatic hydroxyl groups is 1. The van der Waals surface area contributed by atoms with E-state index in [0.29, 0.717) is 25.6 Å². The molecule has 2 aromatic carbocycles. The van der Waals surface area contributed by atoms with E-state index in [1.54, 1.807) is 44.2 Å². The minimum absolute atomic E-state index is 0.0110. The van der Waals surface area contributed by atoms with Crippen molar-refractivity contribution in [2.45, 2.75) is 18.7 Å². The highest BCUT2D eigenvalue weighted by molar-refractivity contribution is 9.11. The lowest BCUT2D eigenvalue weighted by molar-refractivity contribution is 0.467. The van der Waals surface area contributed by atoms with E-state index in [-0.39, 0.29) is 15.6 Å². The van der Waals surface area contributed by atoms with Gasteiger partial charge in [-0.1, -0.05) is 15.9 Å². The highest BCUT2D eigenvalue weighted by Gasteiger charge is 2.24. The number of nitrogens with zero attached hydrogens (tertiary/aromatic N) is 1. The van der Waals surface area contributed by atoms with Gasteiger partial charge in [-0.05, 0) is 82.9 Å². The van der Waals surface area contributed by atoms with Crippen LogP contribution in [0.2, 0.25) is 0 Å². The van der Waals surface area contributed by atoms with Gasteiger partial charge in [-0.15, -0.1) is 0 Å². The van der Waals surface area contributed by atoms with Gasteiger partial charge in [0.2, 0.25) is 9.84 Å². The molecule has 2 aromatic rings. The van der Waals surface area contributed by atoms with Crippen LogP contribution in [0.5, 0.6) is 5.75 Å². The molecule has 0 bridgehead atoms. The van der Waals surface area contributed by atoms with Gasteiger partial charge in [-0.3, -0.25) is 0 Å². The summed E-state index contributed by atoms with van der Waals surface area (Å²) in [5.41, 5.74) is 1.76. The third-order valence-electron chi connectivity index (χ3n) is 3.39. The minimum atomic E-state index is -3.98. The average molecular weight is 471 g/mol. The summed E-state index contributed by atoms with van der Waals surface area (Å²) in [6.45, 7) is 3.43. The number of phenols is 1. The largest absolute Gasteiger partial charge is 0.507 e. The highest BCUT2D eigenvalue weighted by atomic mass is 79.9. The molecule has 7 heteroatoms. The Kier molecular flexibility index (Phi) is 5.53. The fraction of sp³-hybridized carbons (Fsp3) is 0.118. The Morgan fingerprint density at radius 2 is 1.75 bits per heavy atom. The van der Waals surface area contributed by atoms with E-state index in [2.05, 4.69) is 31.9 Å². The SMILES string of the molecule is Cc1cc(/C=C(\C#N)S(=O)(=O)c2cc(Br)ccc2Br)cc(C)c1O. The fourth-order valence-electron chi connectivity index (χ4n) is 2.20. The summed E-state index contributed by atoms with van der Waals surface area (Å²) in [6, 6.07) is 9.76. The van der Waals surface area contributed by atoms with Crippen LogP contribution < -0.4 is 0 Å². The van der Waals surface area contributed by atoms with Crippen LogP contribution in [0.4, 0.5) is 0 Å². The lowest BCUT2D eigenvalue weighted by atomic mass is 10.1. The summed E-state index contributed by atoms with van der Waals surface area (Å²) in [5, 5.41) is 19.2. The Labute approximate surface area is 157 Å². The Hall–Kier alpha value is -1.62. The standard InChI is InChI=1S/C17H13Br2NO3S/c1-10-5-12(6-11(2)17(10)21)7-14(9-20)24(22,23)16-8-13(18)3-4-15(16)19/h3-8,21H,1-2H3/b14-7+. The summed E-state index contributed by atoms with van der Waals surface area (Å²) in [6.07, 6.45) is 1.31. The van der Waals surface area contributed by atoms with Gasteiger partial charge in [0.1, 0.15) is 16.7 Å². The molecule has 24 heavy (non-hydrogen) atoms. The second kappa shape index (κ2) is 7.09. The molecule has 2 rings (SSSR count). The third-order valence-corrected chi connectivity index (χ3v) is 6.55. The zero-order chi connectivity index (χ0) is 18.1. The van der Waals surface area contributed by atoms with E-state index < -0.39 is 9.84 Å². The first-order chi connectivity index (χ1) is 11.2. The minimum Gasteiger partial charge on any atom is -0.507 e. The van der Waals surface area contributed by atoms with Crippen molar-refractivity contribution >= 4 is 47.8 Å². The maximum atomic E-state index is 12.8. The smallest absolute Gasteiger partial charge is 0.217 e. The second-order valence-corrected chi connectivity index (χ2v) is 8.86. The van der Waals surface area contributed by atoms with Gasteiger partial charge in [0.15, 0.2) is 0 Å². The summed E-state index contributed by atoms with van der Waals surface area (Å²) in [7, 11) is -3.98. The number of phenolic OH excluding ortho intramolecular Hbond substituents is 1. The number of hydrogen-bond donors (Lipinski definition) is 1. The molecule has 0 aliphatic carbocycles. The van der Waals surface area contributed by atoms with Crippen molar-refractivity contribution in [2.24, 2.45) is 0 Å². The molecule has 124 valence electrons. The fourth-order valence-corrected chi connectivity index (χ4v) is 4.85. The Morgan fingerprint density at radius 1 is 1.17 bits per heavy atom. The normalized spacial score (nSPS) is 12.0. The van der Waals surface area contributed by atoms with Gasteiger partial charge in [-0.25, -0.2) is 8.42 Å². The molecule has 0 fully saturated rings. The first-order valence-corrected chi connectivity index (χ1v) is 9.86. The van der Waals surface area contributed by atoms with Crippen LogP contribution in [0.15, 0.2) is 49.1 Å². The first-order valence-electron chi connectivity index (χ1n) is 6.79. The molecule has 0 unspecified atom stereocenters. The molecule has 0 spiro atoms. The monoisotopic (exact) mass is 469 g/mol. The van der Waals surface area contributed by atoms with Crippen molar-refractivity contribution in [1.82, 2.24) is 0 Å². The summed E-state index contributed by atoms with van der Waals surface area (Å²) >= 11 is 6.45. The van der Waals surface area contributed by atoms with E-state index in [9.17, 15) is 18.8 Å². The van der Waals surface area contributed by atoms with E-state index in [1.165, 1.54) is 12.1 Å². The van der Waals surface area contributed by atoms with Gasteiger partial charge in [0.05, 0.1) is 4.90 Å². The Bertz CT molecular complexity index is 966. The van der Waals surface area contributed by atoms with Gasteiger partial charge < -0.3 is 5.11 Å². The maximum absolute atomic E-state index is 12.8. The number of benzene rings is 2. The van der Waals surface area contributed by atoms with E-state index in [1.807, 2.05) is 0 Å². The van der Waals surface area contributed by atoms with Gasteiger partial charge in [0, 0.05) is 8.95 Å². The van der Waals surface area contributed by atoms with Crippen LogP contribution >= 0.6 is 31.9 Å². The Morgan fingerprint density at radius 3 is 2.29 bits per heavy atom. The number of nitriles is 1. The first kappa shape index (κ1) is 18.7. The third kappa shape index (κ3) is 3.72. The molecular formula is C17H13Br2NO3S. The van der Waals surface area contributed by atoms with Gasteiger partial charge in [-0.2, -0.15) is 5.26 Å². The predicted octanol–water partition coefficient (Wildman–Crippen LogP) is 4.87. The number of hydrogen-bond acceptors (Lipinski definition) is 4. The molecule has 4 nitrogen and oxygen atoms in total. The lowest BCUT2D eigenvalue weighted by Crippen LogP contribution is -2.04. The average Bonchev–Trinajstić information content (AvgIpc) is 2.52. The van der Waals surface area contributed by atoms with E-state index in [0.717, 1.165) is 0 Å². The second-order valence-electron chi connectivity index (χ2n) is 5.20. The van der Waals surface area contributed by atoms with E-state index in [4.69, 9.17) is 0 Å². The number of aryl methyl sites for hydroxylation is 2. The molecule has 1 N–H and O–H groups in total. The summed E-state index contributed by atoms with van der Waals surface area (Å²) in [4.78, 5) is -0.359. The van der Waals surface area contributed by atoms with Gasteiger partial charge >= 0.3 is 0 Å². The molecule has 0 saturated heterocycles. The van der Waals surface area contributed by atoms with Crippen molar-refractivity contribution in [3.05, 3.63) is 60.9 Å². The maximum Gasteiger partial charge on any atom is 0.217 e. The predicted molar refractivity (Wildman–Crippen MR) is 100 cm³/mol. The number of sulfone groups is 1. The van der Waals surface area contributed by atoms with Crippen molar-refractivity contribution in [3.8, 4) is 11.8 Å². The number of halogens is 2. The van der Waals surface area contributed by atoms with Gasteiger partial charge in [0.25, 0.3) is 0 Å².